The zero-order valence-electron chi connectivity index (χ0n) is 11.4. The van der Waals surface area contributed by atoms with E-state index in [0.717, 1.165) is 0 Å². The summed E-state index contributed by atoms with van der Waals surface area (Å²) < 4.78 is 0. The fourth-order valence-electron chi connectivity index (χ4n) is 3.89. The second-order valence-electron chi connectivity index (χ2n) is 6.01. The predicted molar refractivity (Wildman–Crippen MR) is 86.3 cm³/mol. The van der Waals surface area contributed by atoms with Gasteiger partial charge in [0, 0.05) is 0 Å². The number of fused-ring (bicyclic) bond motifs is 7. The van der Waals surface area contributed by atoms with E-state index in [-0.39, 0.29) is 0 Å². The van der Waals surface area contributed by atoms with E-state index >= 15 is 0 Å². The molecule has 0 fully saturated rings. The molecule has 0 spiro atoms. The van der Waals surface area contributed by atoms with Crippen LogP contribution in [0.1, 0.15) is 24.0 Å². The number of aryl methyl sites for hydroxylation is 2. The predicted octanol–water partition coefficient (Wildman–Crippen LogP) is 3.45. The first-order valence-corrected chi connectivity index (χ1v) is 7.58. The van der Waals surface area contributed by atoms with Crippen LogP contribution >= 0.6 is 0 Å². The maximum Gasteiger partial charge on any atom is -0.00962 e. The van der Waals surface area contributed by atoms with Crippen LogP contribution < -0.4 is 10.4 Å². The second-order valence-corrected chi connectivity index (χ2v) is 6.01. The largest absolute Gasteiger partial charge is 0.0763 e. The fourth-order valence-corrected chi connectivity index (χ4v) is 3.89. The van der Waals surface area contributed by atoms with Gasteiger partial charge in [0.2, 0.25) is 0 Å². The molecule has 0 saturated heterocycles. The van der Waals surface area contributed by atoms with Crippen molar-refractivity contribution in [3.8, 4) is 0 Å². The summed E-state index contributed by atoms with van der Waals surface area (Å²) in [6.45, 7) is 0. The van der Waals surface area contributed by atoms with Gasteiger partial charge >= 0.3 is 0 Å². The average molecular weight is 256 g/mol. The highest BCUT2D eigenvalue weighted by atomic mass is 14.2. The molecule has 3 aromatic rings. The van der Waals surface area contributed by atoms with E-state index in [2.05, 4.69) is 48.6 Å². The first-order chi connectivity index (χ1) is 9.92. The lowest BCUT2D eigenvalue weighted by atomic mass is 9.79. The van der Waals surface area contributed by atoms with Crippen LogP contribution in [0.2, 0.25) is 0 Å². The summed E-state index contributed by atoms with van der Waals surface area (Å²) >= 11 is 0. The monoisotopic (exact) mass is 256 g/mol. The van der Waals surface area contributed by atoms with Gasteiger partial charge in [0.15, 0.2) is 0 Å². The topological polar surface area (TPSA) is 0 Å². The Hall–Kier alpha value is -2.08. The zero-order chi connectivity index (χ0) is 13.1. The van der Waals surface area contributed by atoms with Crippen molar-refractivity contribution in [2.24, 2.45) is 0 Å². The molecule has 0 aliphatic heterocycles. The Morgan fingerprint density at radius 1 is 0.600 bits per heavy atom. The molecule has 0 atom stereocenters. The van der Waals surface area contributed by atoms with Gasteiger partial charge in [-0.2, -0.15) is 0 Å². The van der Waals surface area contributed by atoms with Gasteiger partial charge in [-0.3, -0.25) is 0 Å². The van der Waals surface area contributed by atoms with Crippen LogP contribution in [0, 0.1) is 0 Å². The van der Waals surface area contributed by atoms with E-state index in [1.165, 1.54) is 57.7 Å². The smallest absolute Gasteiger partial charge is 0.00962 e. The van der Waals surface area contributed by atoms with Gasteiger partial charge in [0.1, 0.15) is 0 Å². The third-order valence-electron chi connectivity index (χ3n) is 4.98. The van der Waals surface area contributed by atoms with Crippen molar-refractivity contribution in [3.05, 3.63) is 58.0 Å². The first-order valence-electron chi connectivity index (χ1n) is 7.58. The molecule has 96 valence electrons. The summed E-state index contributed by atoms with van der Waals surface area (Å²) in [7, 11) is 0. The first kappa shape index (κ1) is 10.7. The zero-order valence-corrected chi connectivity index (χ0v) is 11.4. The molecule has 0 N–H and O–H groups in total. The Morgan fingerprint density at radius 3 is 1.90 bits per heavy atom. The minimum Gasteiger partial charge on any atom is -0.0763 e. The lowest BCUT2D eigenvalue weighted by molar-refractivity contribution is 0.863. The van der Waals surface area contributed by atoms with Gasteiger partial charge in [-0.15, -0.1) is 0 Å². The average Bonchev–Trinajstić information content (AvgIpc) is 2.45. The van der Waals surface area contributed by atoms with Gasteiger partial charge < -0.3 is 0 Å². The molecule has 2 aliphatic carbocycles. The van der Waals surface area contributed by atoms with Crippen LogP contribution in [0.4, 0.5) is 0 Å². The molecule has 2 aliphatic rings. The van der Waals surface area contributed by atoms with Gasteiger partial charge in [0.05, 0.1) is 0 Å². The van der Waals surface area contributed by atoms with Crippen LogP contribution in [-0.2, 0) is 12.8 Å². The van der Waals surface area contributed by atoms with Crippen molar-refractivity contribution in [2.45, 2.75) is 25.7 Å². The Morgan fingerprint density at radius 2 is 1.20 bits per heavy atom. The van der Waals surface area contributed by atoms with Crippen LogP contribution in [0.15, 0.2) is 36.4 Å². The maximum absolute atomic E-state index is 2.44. The summed E-state index contributed by atoms with van der Waals surface area (Å²) in [6, 6.07) is 13.8. The van der Waals surface area contributed by atoms with Gasteiger partial charge in [-0.1, -0.05) is 36.4 Å². The molecule has 0 heterocycles. The molecule has 5 rings (SSSR count). The highest BCUT2D eigenvalue weighted by Gasteiger charge is 2.20. The SMILES string of the molecule is C1=c2cc3c4c(c5ccccc5c3cc2=CCC1)CC4. The quantitative estimate of drug-likeness (QED) is 0.540. The van der Waals surface area contributed by atoms with Crippen molar-refractivity contribution in [2.75, 3.05) is 0 Å². The lowest BCUT2D eigenvalue weighted by Crippen LogP contribution is -2.27. The van der Waals surface area contributed by atoms with Crippen LogP contribution in [0.5, 0.6) is 0 Å². The fraction of sp³-hybridized carbons (Fsp3) is 0.200. The van der Waals surface area contributed by atoms with Crippen molar-refractivity contribution >= 4 is 33.7 Å². The van der Waals surface area contributed by atoms with Gasteiger partial charge in [-0.25, -0.2) is 0 Å². The Kier molecular flexibility index (Phi) is 1.99. The number of hydrogen-bond donors (Lipinski definition) is 0. The molecule has 20 heavy (non-hydrogen) atoms. The second kappa shape index (κ2) is 3.73. The molecular formula is C20H16. The molecule has 0 heteroatoms. The molecule has 3 aromatic carbocycles. The Balaban J connectivity index is 2.10. The van der Waals surface area contributed by atoms with Crippen LogP contribution in [0.3, 0.4) is 0 Å². The van der Waals surface area contributed by atoms with Crippen molar-refractivity contribution in [1.82, 2.24) is 0 Å². The molecule has 0 unspecified atom stereocenters. The third-order valence-corrected chi connectivity index (χ3v) is 4.98. The molecule has 0 nitrogen and oxygen atoms in total. The Bertz CT molecular complexity index is 990. The van der Waals surface area contributed by atoms with E-state index in [0.29, 0.717) is 0 Å². The van der Waals surface area contributed by atoms with Crippen molar-refractivity contribution < 1.29 is 0 Å². The molecule has 0 saturated carbocycles. The molecule has 0 bridgehead atoms. The lowest BCUT2D eigenvalue weighted by Gasteiger charge is -2.24. The van der Waals surface area contributed by atoms with Gasteiger partial charge in [0.25, 0.3) is 0 Å². The van der Waals surface area contributed by atoms with E-state index in [1.807, 2.05) is 0 Å². The molecule has 0 aromatic heterocycles. The van der Waals surface area contributed by atoms with Crippen LogP contribution in [0.25, 0.3) is 33.7 Å². The maximum atomic E-state index is 2.44. The molecule has 0 amide bonds. The van der Waals surface area contributed by atoms with E-state index in [1.54, 1.807) is 11.1 Å². The van der Waals surface area contributed by atoms with Crippen molar-refractivity contribution in [1.29, 1.82) is 0 Å². The molecule has 0 radical (unpaired) electrons. The van der Waals surface area contributed by atoms with E-state index < -0.39 is 0 Å². The summed E-state index contributed by atoms with van der Waals surface area (Å²) in [5.74, 6) is 0. The van der Waals surface area contributed by atoms with Crippen LogP contribution in [-0.4, -0.2) is 0 Å². The number of hydrogen-bond acceptors (Lipinski definition) is 0. The highest BCUT2D eigenvalue weighted by Crippen LogP contribution is 2.38. The summed E-state index contributed by atoms with van der Waals surface area (Å²) in [6.07, 6.45) is 9.66. The highest BCUT2D eigenvalue weighted by molar-refractivity contribution is 6.11. The number of benzene rings is 3. The Labute approximate surface area is 118 Å². The minimum atomic E-state index is 1.18. The normalized spacial score (nSPS) is 16.0. The minimum absolute atomic E-state index is 1.18. The van der Waals surface area contributed by atoms with Gasteiger partial charge in [-0.05, 0) is 80.9 Å². The number of rotatable bonds is 0. The van der Waals surface area contributed by atoms with E-state index in [9.17, 15) is 0 Å². The van der Waals surface area contributed by atoms with Crippen molar-refractivity contribution in [3.63, 3.8) is 0 Å². The third kappa shape index (κ3) is 1.27. The van der Waals surface area contributed by atoms with E-state index in [4.69, 9.17) is 0 Å². The molecular weight excluding hydrogens is 240 g/mol. The summed E-state index contributed by atoms with van der Waals surface area (Å²) in [5, 5.41) is 8.71. The summed E-state index contributed by atoms with van der Waals surface area (Å²) in [4.78, 5) is 0. The summed E-state index contributed by atoms with van der Waals surface area (Å²) in [5.41, 5.74) is 3.19. The standard InChI is InChI=1S/C20H16/c1-2-6-14-12-20-18-10-9-17(18)15-7-3-4-8-16(15)19(20)11-13(14)5-1/h3-8,11-12H,1-2,9-10H2.